The maximum Gasteiger partial charge on any atom is 0.0662 e. The summed E-state index contributed by atoms with van der Waals surface area (Å²) in [6.45, 7) is -0.250. The minimum atomic E-state index is -0.125. The molecule has 0 atom stereocenters. The van der Waals surface area contributed by atoms with Crippen LogP contribution < -0.4 is 0 Å². The predicted molar refractivity (Wildman–Crippen MR) is 93.1 cm³/mol. The van der Waals surface area contributed by atoms with Crippen LogP contribution in [-0.4, -0.2) is 23.4 Å². The molecular formula is C20H18O2. The second-order valence-electron chi connectivity index (χ2n) is 5.08. The highest BCUT2D eigenvalue weighted by molar-refractivity contribution is 6.25. The van der Waals surface area contributed by atoms with E-state index in [1.165, 1.54) is 32.3 Å². The molecule has 4 rings (SSSR count). The van der Waals surface area contributed by atoms with Gasteiger partial charge in [0.1, 0.15) is 0 Å². The minimum absolute atomic E-state index is 0.125. The summed E-state index contributed by atoms with van der Waals surface area (Å²) >= 11 is 0. The molecule has 4 aromatic carbocycles. The average Bonchev–Trinajstić information content (AvgIpc) is 2.62. The van der Waals surface area contributed by atoms with Crippen LogP contribution in [0.4, 0.5) is 0 Å². The zero-order chi connectivity index (χ0) is 15.4. The molecule has 0 aliphatic carbocycles. The molecule has 0 bridgehead atoms. The van der Waals surface area contributed by atoms with Gasteiger partial charge in [-0.2, -0.15) is 0 Å². The van der Waals surface area contributed by atoms with Gasteiger partial charge in [-0.25, -0.2) is 0 Å². The Hall–Kier alpha value is -2.42. The van der Waals surface area contributed by atoms with Crippen LogP contribution in [-0.2, 0) is 0 Å². The van der Waals surface area contributed by atoms with E-state index in [9.17, 15) is 0 Å². The van der Waals surface area contributed by atoms with Crippen molar-refractivity contribution >= 4 is 32.3 Å². The quantitative estimate of drug-likeness (QED) is 0.518. The molecule has 0 saturated heterocycles. The third-order valence-electron chi connectivity index (χ3n) is 3.75. The van der Waals surface area contributed by atoms with Crippen molar-refractivity contribution in [2.45, 2.75) is 0 Å². The first-order valence-corrected chi connectivity index (χ1v) is 7.36. The van der Waals surface area contributed by atoms with Crippen LogP contribution in [0.3, 0.4) is 0 Å². The Balaban J connectivity index is 0.000000325. The predicted octanol–water partition coefficient (Wildman–Crippen LogP) is 4.12. The van der Waals surface area contributed by atoms with Gasteiger partial charge in [0.05, 0.1) is 13.2 Å². The van der Waals surface area contributed by atoms with Gasteiger partial charge in [0.2, 0.25) is 0 Å². The molecule has 2 nitrogen and oxygen atoms in total. The summed E-state index contributed by atoms with van der Waals surface area (Å²) in [5.74, 6) is 0. The van der Waals surface area contributed by atoms with E-state index in [0.717, 1.165) is 0 Å². The van der Waals surface area contributed by atoms with Crippen molar-refractivity contribution < 1.29 is 10.2 Å². The van der Waals surface area contributed by atoms with Crippen LogP contribution in [0.25, 0.3) is 32.3 Å². The number of aliphatic hydroxyl groups is 2. The maximum absolute atomic E-state index is 7.62. The van der Waals surface area contributed by atoms with Crippen molar-refractivity contribution in [3.8, 4) is 0 Å². The van der Waals surface area contributed by atoms with Crippen LogP contribution in [0.1, 0.15) is 0 Å². The fraction of sp³-hybridized carbons (Fsp3) is 0.100. The van der Waals surface area contributed by atoms with E-state index in [0.29, 0.717) is 0 Å². The normalized spacial score (nSPS) is 10.6. The molecule has 0 fully saturated rings. The molecule has 0 spiro atoms. The van der Waals surface area contributed by atoms with E-state index in [1.807, 2.05) is 0 Å². The molecule has 0 aromatic heterocycles. The standard InChI is InChI=1S/C18H12.C2H6O2/c1-2-8-14-13(7-1)15-9-3-4-11-17(15)18-12-6-5-10-16(14)18;3-1-2-4/h1-12H;3-4H,1-2H2. The minimum Gasteiger partial charge on any atom is -0.394 e. The van der Waals surface area contributed by atoms with E-state index in [2.05, 4.69) is 72.8 Å². The average molecular weight is 290 g/mol. The first kappa shape index (κ1) is 14.5. The van der Waals surface area contributed by atoms with E-state index < -0.39 is 0 Å². The van der Waals surface area contributed by atoms with Crippen molar-refractivity contribution in [1.82, 2.24) is 0 Å². The fourth-order valence-corrected chi connectivity index (χ4v) is 2.86. The van der Waals surface area contributed by atoms with Gasteiger partial charge in [0.15, 0.2) is 0 Å². The number of benzene rings is 4. The molecule has 110 valence electrons. The van der Waals surface area contributed by atoms with E-state index in [4.69, 9.17) is 10.2 Å². The molecule has 0 aliphatic heterocycles. The number of fused-ring (bicyclic) bond motifs is 6. The van der Waals surface area contributed by atoms with Gasteiger partial charge in [0, 0.05) is 0 Å². The molecule has 0 heterocycles. The Morgan fingerprint density at radius 3 is 0.727 bits per heavy atom. The van der Waals surface area contributed by atoms with Gasteiger partial charge >= 0.3 is 0 Å². The van der Waals surface area contributed by atoms with Crippen LogP contribution in [0.15, 0.2) is 72.8 Å². The fourth-order valence-electron chi connectivity index (χ4n) is 2.86. The van der Waals surface area contributed by atoms with Gasteiger partial charge in [0.25, 0.3) is 0 Å². The SMILES string of the molecule is OCCO.c1ccc2c(c1)c1ccccc1c1ccccc21. The molecule has 2 heteroatoms. The van der Waals surface area contributed by atoms with Crippen molar-refractivity contribution in [2.75, 3.05) is 13.2 Å². The van der Waals surface area contributed by atoms with Crippen molar-refractivity contribution in [3.05, 3.63) is 72.8 Å². The molecule has 2 N–H and O–H groups in total. The van der Waals surface area contributed by atoms with Gasteiger partial charge < -0.3 is 10.2 Å². The van der Waals surface area contributed by atoms with Gasteiger partial charge in [-0.1, -0.05) is 72.8 Å². The number of rotatable bonds is 1. The summed E-state index contributed by atoms with van der Waals surface area (Å²) in [4.78, 5) is 0. The largest absolute Gasteiger partial charge is 0.394 e. The summed E-state index contributed by atoms with van der Waals surface area (Å²) in [6, 6.07) is 26.0. The maximum atomic E-state index is 7.62. The summed E-state index contributed by atoms with van der Waals surface area (Å²) in [5.41, 5.74) is 0. The highest BCUT2D eigenvalue weighted by Gasteiger charge is 2.06. The Kier molecular flexibility index (Phi) is 4.33. The zero-order valence-electron chi connectivity index (χ0n) is 12.2. The molecule has 4 aromatic rings. The lowest BCUT2D eigenvalue weighted by molar-refractivity contribution is 0.186. The van der Waals surface area contributed by atoms with Gasteiger partial charge in [-0.15, -0.1) is 0 Å². The Morgan fingerprint density at radius 1 is 0.409 bits per heavy atom. The lowest BCUT2D eigenvalue weighted by Crippen LogP contribution is -1.85. The van der Waals surface area contributed by atoms with E-state index in [1.54, 1.807) is 0 Å². The topological polar surface area (TPSA) is 40.5 Å². The highest BCUT2D eigenvalue weighted by Crippen LogP contribution is 2.34. The van der Waals surface area contributed by atoms with Crippen molar-refractivity contribution in [2.24, 2.45) is 0 Å². The summed E-state index contributed by atoms with van der Waals surface area (Å²) in [7, 11) is 0. The molecule has 0 saturated carbocycles. The van der Waals surface area contributed by atoms with Crippen LogP contribution >= 0.6 is 0 Å². The second-order valence-corrected chi connectivity index (χ2v) is 5.08. The van der Waals surface area contributed by atoms with Crippen LogP contribution in [0.2, 0.25) is 0 Å². The molecular weight excluding hydrogens is 272 g/mol. The van der Waals surface area contributed by atoms with E-state index >= 15 is 0 Å². The van der Waals surface area contributed by atoms with Crippen LogP contribution in [0.5, 0.6) is 0 Å². The van der Waals surface area contributed by atoms with Crippen molar-refractivity contribution in [1.29, 1.82) is 0 Å². The third kappa shape index (κ3) is 2.54. The lowest BCUT2D eigenvalue weighted by Gasteiger charge is -2.09. The first-order valence-electron chi connectivity index (χ1n) is 7.36. The number of hydrogen-bond acceptors (Lipinski definition) is 2. The second kappa shape index (κ2) is 6.56. The van der Waals surface area contributed by atoms with Crippen molar-refractivity contribution in [3.63, 3.8) is 0 Å². The number of aliphatic hydroxyl groups excluding tert-OH is 2. The molecule has 22 heavy (non-hydrogen) atoms. The van der Waals surface area contributed by atoms with Gasteiger partial charge in [-0.3, -0.25) is 0 Å². The molecule has 0 unspecified atom stereocenters. The molecule has 0 radical (unpaired) electrons. The summed E-state index contributed by atoms with van der Waals surface area (Å²) < 4.78 is 0. The lowest BCUT2D eigenvalue weighted by atomic mass is 9.95. The van der Waals surface area contributed by atoms with Gasteiger partial charge in [-0.05, 0) is 32.3 Å². The monoisotopic (exact) mass is 290 g/mol. The smallest absolute Gasteiger partial charge is 0.0662 e. The molecule has 0 aliphatic rings. The Bertz CT molecular complexity index is 690. The van der Waals surface area contributed by atoms with E-state index in [-0.39, 0.29) is 13.2 Å². The Labute approximate surface area is 129 Å². The Morgan fingerprint density at radius 2 is 0.591 bits per heavy atom. The number of hydrogen-bond donors (Lipinski definition) is 2. The third-order valence-corrected chi connectivity index (χ3v) is 3.75. The highest BCUT2D eigenvalue weighted by atomic mass is 16.3. The first-order chi connectivity index (χ1) is 10.9. The molecule has 0 amide bonds. The summed E-state index contributed by atoms with van der Waals surface area (Å²) in [5, 5.41) is 23.3. The zero-order valence-corrected chi connectivity index (χ0v) is 12.2. The summed E-state index contributed by atoms with van der Waals surface area (Å²) in [6.07, 6.45) is 0. The van der Waals surface area contributed by atoms with Crippen LogP contribution in [0, 0.1) is 0 Å².